The third kappa shape index (κ3) is 5.02. The van der Waals surface area contributed by atoms with Gasteiger partial charge in [-0.3, -0.25) is 4.40 Å². The third-order valence-electron chi connectivity index (χ3n) is 3.48. The van der Waals surface area contributed by atoms with Crippen LogP contribution in [0.1, 0.15) is 17.0 Å². The highest BCUT2D eigenvalue weighted by Crippen LogP contribution is 2.22. The standard InChI is InChI=1S/C19H13F3N2O4/c20-19(21,22)28-14-7-4-13(5-8-14)6-9-16-15(11-27-12-18(25)26)23-17-3-1-2-10-24(16)17/h1-5,7-8,10H,11-12H2,(H,25,26). The number of carboxylic acid groups (broad SMARTS) is 1. The number of rotatable bonds is 5. The minimum Gasteiger partial charge on any atom is -0.480 e. The molecule has 0 radical (unpaired) electrons. The summed E-state index contributed by atoms with van der Waals surface area (Å²) < 4.78 is 47.3. The van der Waals surface area contributed by atoms with Crippen LogP contribution in [-0.2, 0) is 16.1 Å². The lowest BCUT2D eigenvalue weighted by Gasteiger charge is -2.07. The van der Waals surface area contributed by atoms with Gasteiger partial charge in [0.15, 0.2) is 0 Å². The Balaban J connectivity index is 1.86. The van der Waals surface area contributed by atoms with E-state index in [1.807, 2.05) is 0 Å². The first kappa shape index (κ1) is 19.3. The monoisotopic (exact) mass is 390 g/mol. The number of nitrogens with zero attached hydrogens (tertiary/aromatic N) is 2. The average Bonchev–Trinajstić information content (AvgIpc) is 2.97. The second-order valence-corrected chi connectivity index (χ2v) is 5.54. The van der Waals surface area contributed by atoms with Gasteiger partial charge in [-0.05, 0) is 42.3 Å². The number of hydrogen-bond acceptors (Lipinski definition) is 4. The molecule has 0 aliphatic heterocycles. The van der Waals surface area contributed by atoms with Crippen molar-refractivity contribution in [3.8, 4) is 17.6 Å². The number of halogens is 3. The van der Waals surface area contributed by atoms with Crippen LogP contribution in [0, 0.1) is 11.8 Å². The molecule has 0 aliphatic rings. The Kier molecular flexibility index (Phi) is 5.52. The highest BCUT2D eigenvalue weighted by molar-refractivity contribution is 5.68. The number of benzene rings is 1. The van der Waals surface area contributed by atoms with Gasteiger partial charge in [0.25, 0.3) is 0 Å². The van der Waals surface area contributed by atoms with Crippen molar-refractivity contribution in [3.05, 3.63) is 65.6 Å². The lowest BCUT2D eigenvalue weighted by Crippen LogP contribution is -2.16. The molecule has 2 heterocycles. The molecule has 0 atom stereocenters. The summed E-state index contributed by atoms with van der Waals surface area (Å²) in [5, 5.41) is 8.69. The molecule has 2 aromatic heterocycles. The van der Waals surface area contributed by atoms with E-state index in [1.54, 1.807) is 28.8 Å². The van der Waals surface area contributed by atoms with E-state index in [0.29, 0.717) is 22.6 Å². The van der Waals surface area contributed by atoms with E-state index in [2.05, 4.69) is 21.6 Å². The summed E-state index contributed by atoms with van der Waals surface area (Å²) in [6.07, 6.45) is -3.01. The molecule has 144 valence electrons. The van der Waals surface area contributed by atoms with Crippen molar-refractivity contribution in [1.29, 1.82) is 0 Å². The molecule has 1 N–H and O–H groups in total. The summed E-state index contributed by atoms with van der Waals surface area (Å²) in [4.78, 5) is 15.0. The van der Waals surface area contributed by atoms with Gasteiger partial charge in [0, 0.05) is 11.8 Å². The number of aliphatic carboxylic acids is 1. The molecule has 0 saturated carbocycles. The minimum absolute atomic E-state index is 0.0453. The summed E-state index contributed by atoms with van der Waals surface area (Å²) >= 11 is 0. The molecule has 0 saturated heterocycles. The molecule has 0 unspecified atom stereocenters. The average molecular weight is 390 g/mol. The number of imidazole rings is 1. The van der Waals surface area contributed by atoms with Crippen molar-refractivity contribution >= 4 is 11.6 Å². The summed E-state index contributed by atoms with van der Waals surface area (Å²) in [5.41, 5.74) is 2.03. The molecule has 0 amide bonds. The van der Waals surface area contributed by atoms with Crippen molar-refractivity contribution in [1.82, 2.24) is 9.38 Å². The van der Waals surface area contributed by atoms with Crippen LogP contribution in [-0.4, -0.2) is 33.4 Å². The molecular formula is C19H13F3N2O4. The molecule has 0 fully saturated rings. The largest absolute Gasteiger partial charge is 0.573 e. The fourth-order valence-electron chi connectivity index (χ4n) is 2.38. The van der Waals surface area contributed by atoms with Crippen molar-refractivity contribution < 1.29 is 32.5 Å². The van der Waals surface area contributed by atoms with Crippen LogP contribution in [0.15, 0.2) is 48.7 Å². The van der Waals surface area contributed by atoms with Gasteiger partial charge in [0.2, 0.25) is 0 Å². The normalized spacial score (nSPS) is 11.1. The Labute approximate surface area is 157 Å². The predicted octanol–water partition coefficient (Wildman–Crippen LogP) is 3.23. The number of hydrogen-bond donors (Lipinski definition) is 1. The van der Waals surface area contributed by atoms with E-state index in [4.69, 9.17) is 9.84 Å². The Morgan fingerprint density at radius 2 is 1.89 bits per heavy atom. The maximum atomic E-state index is 12.2. The van der Waals surface area contributed by atoms with Gasteiger partial charge >= 0.3 is 12.3 Å². The van der Waals surface area contributed by atoms with Gasteiger partial charge in [0.1, 0.15) is 29.4 Å². The van der Waals surface area contributed by atoms with Crippen LogP contribution in [0.5, 0.6) is 5.75 Å². The summed E-state index contributed by atoms with van der Waals surface area (Å²) in [6.45, 7) is -0.516. The molecule has 3 aromatic rings. The third-order valence-corrected chi connectivity index (χ3v) is 3.48. The molecule has 6 nitrogen and oxygen atoms in total. The van der Waals surface area contributed by atoms with Gasteiger partial charge in [-0.15, -0.1) is 13.2 Å². The van der Waals surface area contributed by atoms with Gasteiger partial charge in [-0.2, -0.15) is 0 Å². The SMILES string of the molecule is O=C(O)COCc1nc2ccccn2c1C#Cc1ccc(OC(F)(F)F)cc1. The van der Waals surface area contributed by atoms with E-state index in [-0.39, 0.29) is 12.4 Å². The fourth-order valence-corrected chi connectivity index (χ4v) is 2.38. The van der Waals surface area contributed by atoms with E-state index < -0.39 is 18.9 Å². The molecule has 1 aromatic carbocycles. The van der Waals surface area contributed by atoms with Crippen LogP contribution >= 0.6 is 0 Å². The zero-order chi connectivity index (χ0) is 20.1. The molecule has 9 heteroatoms. The van der Waals surface area contributed by atoms with Crippen molar-refractivity contribution in [2.75, 3.05) is 6.61 Å². The Bertz CT molecular complexity index is 1050. The first-order valence-corrected chi connectivity index (χ1v) is 7.95. The number of fused-ring (bicyclic) bond motifs is 1. The quantitative estimate of drug-likeness (QED) is 0.678. The van der Waals surface area contributed by atoms with Gasteiger partial charge < -0.3 is 14.6 Å². The number of pyridine rings is 1. The second-order valence-electron chi connectivity index (χ2n) is 5.54. The van der Waals surface area contributed by atoms with E-state index >= 15 is 0 Å². The van der Waals surface area contributed by atoms with E-state index in [0.717, 1.165) is 0 Å². The summed E-state index contributed by atoms with van der Waals surface area (Å²) in [5.74, 6) is 4.33. The van der Waals surface area contributed by atoms with Gasteiger partial charge in [-0.25, -0.2) is 9.78 Å². The smallest absolute Gasteiger partial charge is 0.480 e. The molecule has 28 heavy (non-hydrogen) atoms. The number of ether oxygens (including phenoxy) is 2. The highest BCUT2D eigenvalue weighted by Gasteiger charge is 2.30. The molecule has 3 rings (SSSR count). The van der Waals surface area contributed by atoms with E-state index in [1.165, 1.54) is 24.3 Å². The lowest BCUT2D eigenvalue weighted by atomic mass is 10.2. The number of aromatic nitrogens is 2. The summed E-state index contributed by atoms with van der Waals surface area (Å²) in [7, 11) is 0. The lowest BCUT2D eigenvalue weighted by molar-refractivity contribution is -0.274. The maximum Gasteiger partial charge on any atom is 0.573 e. The maximum absolute atomic E-state index is 12.2. The van der Waals surface area contributed by atoms with Crippen LogP contribution in [0.3, 0.4) is 0 Å². The van der Waals surface area contributed by atoms with Crippen LogP contribution in [0.2, 0.25) is 0 Å². The Hall–Kier alpha value is -3.51. The fraction of sp³-hybridized carbons (Fsp3) is 0.158. The van der Waals surface area contributed by atoms with Crippen molar-refractivity contribution in [3.63, 3.8) is 0 Å². The highest BCUT2D eigenvalue weighted by atomic mass is 19.4. The first-order chi connectivity index (χ1) is 13.3. The van der Waals surface area contributed by atoms with Crippen molar-refractivity contribution in [2.45, 2.75) is 13.0 Å². The van der Waals surface area contributed by atoms with Crippen LogP contribution in [0.4, 0.5) is 13.2 Å². The summed E-state index contributed by atoms with van der Waals surface area (Å²) in [6, 6.07) is 10.5. The number of alkyl halides is 3. The molecule has 0 bridgehead atoms. The molecular weight excluding hydrogens is 377 g/mol. The molecule has 0 aliphatic carbocycles. The predicted molar refractivity (Wildman–Crippen MR) is 91.6 cm³/mol. The molecule has 0 spiro atoms. The van der Waals surface area contributed by atoms with Crippen LogP contribution < -0.4 is 4.74 Å². The van der Waals surface area contributed by atoms with Crippen molar-refractivity contribution in [2.24, 2.45) is 0 Å². The van der Waals surface area contributed by atoms with Crippen LogP contribution in [0.25, 0.3) is 5.65 Å². The minimum atomic E-state index is -4.76. The Morgan fingerprint density at radius 1 is 1.14 bits per heavy atom. The topological polar surface area (TPSA) is 73.1 Å². The second kappa shape index (κ2) is 8.02. The zero-order valence-corrected chi connectivity index (χ0v) is 14.2. The number of carbonyl (C=O) groups is 1. The Morgan fingerprint density at radius 3 is 2.57 bits per heavy atom. The zero-order valence-electron chi connectivity index (χ0n) is 14.2. The van der Waals surface area contributed by atoms with Gasteiger partial charge in [0.05, 0.1) is 6.61 Å². The van der Waals surface area contributed by atoms with Gasteiger partial charge in [-0.1, -0.05) is 12.0 Å². The first-order valence-electron chi connectivity index (χ1n) is 7.95. The number of carboxylic acids is 1. The van der Waals surface area contributed by atoms with E-state index in [9.17, 15) is 18.0 Å².